The number of fused-ring (bicyclic) bond motifs is 5. The molecule has 2 fully saturated rings. The van der Waals surface area contributed by atoms with Crippen molar-refractivity contribution in [3.8, 4) is 0 Å². The average Bonchev–Trinajstić information content (AvgIpc) is 3.43. The van der Waals surface area contributed by atoms with Gasteiger partial charge < -0.3 is 4.90 Å². The molecule has 3 aliphatic rings. The summed E-state index contributed by atoms with van der Waals surface area (Å²) in [5.41, 5.74) is 1.74. The van der Waals surface area contributed by atoms with E-state index in [4.69, 9.17) is 0 Å². The van der Waals surface area contributed by atoms with E-state index >= 15 is 0 Å². The van der Waals surface area contributed by atoms with Gasteiger partial charge in [0.25, 0.3) is 0 Å². The summed E-state index contributed by atoms with van der Waals surface area (Å²) in [5.74, 6) is -0.862. The van der Waals surface area contributed by atoms with Crippen LogP contribution in [0.4, 0.5) is 5.69 Å². The maximum atomic E-state index is 13.3. The van der Waals surface area contributed by atoms with Gasteiger partial charge in [-0.2, -0.15) is 0 Å². The Labute approximate surface area is 169 Å². The minimum atomic E-state index is -0.274. The molecule has 4 atom stereocenters. The fourth-order valence-corrected chi connectivity index (χ4v) is 5.04. The number of para-hydroxylation sites is 1. The van der Waals surface area contributed by atoms with Gasteiger partial charge >= 0.3 is 0 Å². The number of anilines is 1. The smallest absolute Gasteiger partial charge is 0.247 e. The van der Waals surface area contributed by atoms with E-state index in [-0.39, 0.29) is 47.9 Å². The van der Waals surface area contributed by atoms with Gasteiger partial charge in [0.05, 0.1) is 18.4 Å². The van der Waals surface area contributed by atoms with Gasteiger partial charge in [-0.1, -0.05) is 60.7 Å². The van der Waals surface area contributed by atoms with Gasteiger partial charge in [-0.05, 0) is 36.0 Å². The van der Waals surface area contributed by atoms with Gasteiger partial charge in [-0.3, -0.25) is 19.3 Å². The molecule has 2 aromatic carbocycles. The van der Waals surface area contributed by atoms with Crippen molar-refractivity contribution in [3.05, 3.63) is 78.4 Å². The molecule has 2 aromatic rings. The van der Waals surface area contributed by atoms with Gasteiger partial charge in [-0.25, -0.2) is 0 Å². The second-order valence-electron chi connectivity index (χ2n) is 8.06. The lowest BCUT2D eigenvalue weighted by Crippen LogP contribution is -2.43. The molecule has 0 aromatic heterocycles. The Kier molecular flexibility index (Phi) is 4.31. The van der Waals surface area contributed by atoms with Crippen LogP contribution < -0.4 is 4.90 Å². The summed E-state index contributed by atoms with van der Waals surface area (Å²) in [6.45, 7) is 0.186. The Morgan fingerprint density at radius 1 is 0.862 bits per heavy atom. The maximum absolute atomic E-state index is 13.3. The second kappa shape index (κ2) is 6.99. The van der Waals surface area contributed by atoms with Crippen LogP contribution in [0, 0.1) is 23.7 Å². The molecule has 3 amide bonds. The van der Waals surface area contributed by atoms with Crippen molar-refractivity contribution >= 4 is 23.4 Å². The van der Waals surface area contributed by atoms with Crippen molar-refractivity contribution in [1.29, 1.82) is 0 Å². The molecule has 2 aliphatic carbocycles. The molecule has 1 heterocycles. The normalized spacial score (nSPS) is 26.8. The van der Waals surface area contributed by atoms with E-state index in [0.29, 0.717) is 6.54 Å². The second-order valence-corrected chi connectivity index (χ2v) is 8.06. The number of likely N-dealkylation sites (tertiary alicyclic amines) is 1. The number of benzene rings is 2. The SMILES string of the molecule is O=C1C2C3C=CC(C3)C2C(=O)N1CC(=O)N(Cc1ccccc1)c1ccccc1. The zero-order valence-electron chi connectivity index (χ0n) is 16.0. The number of rotatable bonds is 5. The summed E-state index contributed by atoms with van der Waals surface area (Å²) in [5, 5.41) is 0. The lowest BCUT2D eigenvalue weighted by atomic mass is 9.85. The first kappa shape index (κ1) is 17.9. The van der Waals surface area contributed by atoms with Gasteiger partial charge in [0.1, 0.15) is 6.54 Å². The Morgan fingerprint density at radius 3 is 2.00 bits per heavy atom. The number of hydrogen-bond acceptors (Lipinski definition) is 3. The Hall–Kier alpha value is -3.21. The molecule has 4 unspecified atom stereocenters. The fraction of sp³-hybridized carbons (Fsp3) is 0.292. The molecule has 146 valence electrons. The number of nitrogens with zero attached hydrogens (tertiary/aromatic N) is 2. The van der Waals surface area contributed by atoms with E-state index in [2.05, 4.69) is 12.2 Å². The van der Waals surface area contributed by atoms with Crippen molar-refractivity contribution in [2.24, 2.45) is 23.7 Å². The molecule has 0 radical (unpaired) electrons. The van der Waals surface area contributed by atoms with Gasteiger partial charge in [0.15, 0.2) is 0 Å². The highest BCUT2D eigenvalue weighted by Gasteiger charge is 2.59. The third-order valence-electron chi connectivity index (χ3n) is 6.41. The minimum absolute atomic E-state index is 0.149. The summed E-state index contributed by atoms with van der Waals surface area (Å²) >= 11 is 0. The Morgan fingerprint density at radius 2 is 1.41 bits per heavy atom. The van der Waals surface area contributed by atoms with Crippen LogP contribution in [-0.2, 0) is 20.9 Å². The van der Waals surface area contributed by atoms with Crippen LogP contribution in [0.15, 0.2) is 72.8 Å². The highest BCUT2D eigenvalue weighted by molar-refractivity contribution is 6.10. The van der Waals surface area contributed by atoms with Crippen LogP contribution in [0.5, 0.6) is 0 Å². The standard InChI is InChI=1S/C24H22N2O3/c27-20(15-26-23(28)21-17-11-12-18(13-17)22(21)24(26)29)25(19-9-5-2-6-10-19)14-16-7-3-1-4-8-16/h1-12,17-18,21-22H,13-15H2. The monoisotopic (exact) mass is 386 g/mol. The molecule has 2 bridgehead atoms. The molecule has 0 N–H and O–H groups in total. The third-order valence-corrected chi connectivity index (χ3v) is 6.41. The molecule has 1 saturated heterocycles. The summed E-state index contributed by atoms with van der Waals surface area (Å²) in [6, 6.07) is 19.1. The lowest BCUT2D eigenvalue weighted by molar-refractivity contribution is -0.143. The molecular weight excluding hydrogens is 364 g/mol. The largest absolute Gasteiger partial charge is 0.306 e. The summed E-state index contributed by atoms with van der Waals surface area (Å²) in [7, 11) is 0. The predicted molar refractivity (Wildman–Crippen MR) is 109 cm³/mol. The van der Waals surface area contributed by atoms with E-state index < -0.39 is 0 Å². The van der Waals surface area contributed by atoms with E-state index in [1.165, 1.54) is 4.90 Å². The van der Waals surface area contributed by atoms with Gasteiger partial charge in [-0.15, -0.1) is 0 Å². The molecule has 1 aliphatic heterocycles. The maximum Gasteiger partial charge on any atom is 0.247 e. The number of hydrogen-bond donors (Lipinski definition) is 0. The van der Waals surface area contributed by atoms with Crippen LogP contribution in [0.25, 0.3) is 0 Å². The van der Waals surface area contributed by atoms with E-state index in [1.54, 1.807) is 4.90 Å². The summed E-state index contributed by atoms with van der Waals surface area (Å²) < 4.78 is 0. The summed E-state index contributed by atoms with van der Waals surface area (Å²) in [6.07, 6.45) is 5.01. The van der Waals surface area contributed by atoms with Crippen LogP contribution in [0.2, 0.25) is 0 Å². The topological polar surface area (TPSA) is 57.7 Å². The Balaban J connectivity index is 1.38. The van der Waals surface area contributed by atoms with Gasteiger partial charge in [0, 0.05) is 5.69 Å². The molecule has 1 saturated carbocycles. The number of imide groups is 1. The molecule has 29 heavy (non-hydrogen) atoms. The van der Waals surface area contributed by atoms with Crippen molar-refractivity contribution in [2.75, 3.05) is 11.4 Å². The quantitative estimate of drug-likeness (QED) is 0.586. The molecule has 5 nitrogen and oxygen atoms in total. The van der Waals surface area contributed by atoms with Crippen molar-refractivity contribution in [1.82, 2.24) is 4.90 Å². The van der Waals surface area contributed by atoms with Crippen molar-refractivity contribution in [2.45, 2.75) is 13.0 Å². The van der Waals surface area contributed by atoms with Crippen molar-refractivity contribution in [3.63, 3.8) is 0 Å². The molecule has 5 heteroatoms. The fourth-order valence-electron chi connectivity index (χ4n) is 5.04. The minimum Gasteiger partial charge on any atom is -0.306 e. The van der Waals surface area contributed by atoms with E-state index in [0.717, 1.165) is 17.7 Å². The zero-order valence-corrected chi connectivity index (χ0v) is 16.0. The van der Waals surface area contributed by atoms with Crippen LogP contribution in [0.3, 0.4) is 0 Å². The number of amides is 3. The van der Waals surface area contributed by atoms with Crippen LogP contribution >= 0.6 is 0 Å². The zero-order chi connectivity index (χ0) is 20.0. The highest BCUT2D eigenvalue weighted by Crippen LogP contribution is 2.52. The summed E-state index contributed by atoms with van der Waals surface area (Å²) in [4.78, 5) is 42.0. The van der Waals surface area contributed by atoms with E-state index in [9.17, 15) is 14.4 Å². The lowest BCUT2D eigenvalue weighted by Gasteiger charge is -2.26. The molecule has 5 rings (SSSR count). The van der Waals surface area contributed by atoms with E-state index in [1.807, 2.05) is 60.7 Å². The average molecular weight is 386 g/mol. The third kappa shape index (κ3) is 2.97. The highest BCUT2D eigenvalue weighted by atomic mass is 16.2. The first-order chi connectivity index (χ1) is 14.1. The Bertz CT molecular complexity index is 956. The first-order valence-corrected chi connectivity index (χ1v) is 10.1. The molecular formula is C24H22N2O3. The van der Waals surface area contributed by atoms with Crippen LogP contribution in [0.1, 0.15) is 12.0 Å². The van der Waals surface area contributed by atoms with Gasteiger partial charge in [0.2, 0.25) is 17.7 Å². The molecule has 0 spiro atoms. The number of carbonyl (C=O) groups excluding carboxylic acids is 3. The predicted octanol–water partition coefficient (Wildman–Crippen LogP) is 3.03. The van der Waals surface area contributed by atoms with Crippen molar-refractivity contribution < 1.29 is 14.4 Å². The number of carbonyl (C=O) groups is 3. The number of allylic oxidation sites excluding steroid dienone is 2. The first-order valence-electron chi connectivity index (χ1n) is 10.1. The van der Waals surface area contributed by atoms with Crippen LogP contribution in [-0.4, -0.2) is 29.2 Å².